The zero-order valence-electron chi connectivity index (χ0n) is 38.4. The number of nitrogens with zero attached hydrogens (tertiary/aromatic N) is 5. The molecule has 0 N–H and O–H groups in total. The van der Waals surface area contributed by atoms with Crippen LogP contribution >= 0.6 is 11.3 Å². The predicted molar refractivity (Wildman–Crippen MR) is 297 cm³/mol. The molecule has 0 bridgehead atoms. The van der Waals surface area contributed by atoms with Gasteiger partial charge >= 0.3 is 0 Å². The summed E-state index contributed by atoms with van der Waals surface area (Å²) in [5.74, 6) is 0.507. The molecular formula is C65H37N5OS. The van der Waals surface area contributed by atoms with E-state index in [9.17, 15) is 5.26 Å². The molecule has 0 radical (unpaired) electrons. The van der Waals surface area contributed by atoms with E-state index in [-0.39, 0.29) is 0 Å². The minimum absolute atomic E-state index is 0.425. The molecule has 7 heteroatoms. The number of hydrogen-bond acceptors (Lipinski definition) is 5. The molecule has 0 atom stereocenters. The van der Waals surface area contributed by atoms with Crippen LogP contribution < -0.4 is 0 Å². The summed E-state index contributed by atoms with van der Waals surface area (Å²) in [7, 11) is 0. The summed E-state index contributed by atoms with van der Waals surface area (Å²) in [5.41, 5.74) is 14.3. The summed E-state index contributed by atoms with van der Waals surface area (Å²) >= 11 is 1.84. The standard InChI is InChI=1S/C65H37N5OS/c66-38-50-62(39-16-4-1-5-17-39)67-65(68-63(50)40-18-6-2-7-19-40)47-30-32-55(64-59(47)46-24-11-14-26-56(46)71-64)70-52-31-28-41(42-29-35-58-48(36-42)44-22-12-15-27-57(44)72-58)37-49(52)61-54(70)34-33-53-60(61)45-23-10-13-25-51(45)69(53)43-20-8-3-9-21-43/h1-37H. The van der Waals surface area contributed by atoms with E-state index in [0.29, 0.717) is 28.4 Å². The molecule has 0 saturated carbocycles. The molecule has 0 aliphatic heterocycles. The van der Waals surface area contributed by atoms with E-state index in [1.54, 1.807) is 0 Å². The van der Waals surface area contributed by atoms with Gasteiger partial charge in [-0.25, -0.2) is 9.97 Å². The molecule has 0 aliphatic carbocycles. The van der Waals surface area contributed by atoms with Gasteiger partial charge in [-0.05, 0) is 90.0 Å². The quantitative estimate of drug-likeness (QED) is 0.166. The molecule has 10 aromatic carbocycles. The summed E-state index contributed by atoms with van der Waals surface area (Å²) in [6, 6.07) is 81.4. The zero-order valence-corrected chi connectivity index (χ0v) is 39.2. The van der Waals surface area contributed by atoms with Crippen molar-refractivity contribution in [2.45, 2.75) is 0 Å². The highest BCUT2D eigenvalue weighted by atomic mass is 32.1. The van der Waals surface area contributed by atoms with Gasteiger partial charge in [0, 0.05) is 74.9 Å². The molecule has 0 amide bonds. The molecule has 0 fully saturated rings. The van der Waals surface area contributed by atoms with Crippen molar-refractivity contribution in [1.82, 2.24) is 19.1 Å². The van der Waals surface area contributed by atoms with Crippen molar-refractivity contribution in [3.63, 3.8) is 0 Å². The number of rotatable bonds is 6. The highest BCUT2D eigenvalue weighted by molar-refractivity contribution is 7.25. The fraction of sp³-hybridized carbons (Fsp3) is 0. The first-order chi connectivity index (χ1) is 35.7. The van der Waals surface area contributed by atoms with Crippen LogP contribution in [0, 0.1) is 11.3 Å². The molecule has 72 heavy (non-hydrogen) atoms. The molecule has 334 valence electrons. The minimum Gasteiger partial charge on any atom is -0.454 e. The number of fused-ring (bicyclic) bond motifs is 13. The number of benzene rings is 10. The Kier molecular flexibility index (Phi) is 8.79. The third-order valence-corrected chi connectivity index (χ3v) is 15.5. The van der Waals surface area contributed by atoms with Crippen molar-refractivity contribution >= 4 is 97.1 Å². The number of thiophene rings is 1. The smallest absolute Gasteiger partial charge is 0.161 e. The third kappa shape index (κ3) is 5.94. The number of furan rings is 1. The first-order valence-corrected chi connectivity index (χ1v) is 24.9. The average molecular weight is 936 g/mol. The van der Waals surface area contributed by atoms with Gasteiger partial charge in [0.15, 0.2) is 11.4 Å². The van der Waals surface area contributed by atoms with Crippen molar-refractivity contribution in [3.8, 4) is 62.5 Å². The summed E-state index contributed by atoms with van der Waals surface area (Å²) in [6.45, 7) is 0. The SMILES string of the molecule is N#Cc1c(-c2ccccc2)nc(-c2ccc(-n3c4ccc(-c5ccc6sc7ccccc7c6c5)cc4c4c5c6ccccc6n(-c6ccccc6)c5ccc43)c3oc4ccccc4c23)nc1-c1ccccc1. The summed E-state index contributed by atoms with van der Waals surface area (Å²) in [6.07, 6.45) is 0. The van der Waals surface area contributed by atoms with E-state index in [1.165, 1.54) is 41.9 Å². The third-order valence-electron chi connectivity index (χ3n) is 14.4. The maximum Gasteiger partial charge on any atom is 0.161 e. The van der Waals surface area contributed by atoms with Crippen molar-refractivity contribution in [3.05, 3.63) is 230 Å². The van der Waals surface area contributed by atoms with Crippen LogP contribution in [0.5, 0.6) is 0 Å². The number of hydrogen-bond donors (Lipinski definition) is 0. The van der Waals surface area contributed by atoms with Crippen molar-refractivity contribution in [1.29, 1.82) is 5.26 Å². The molecule has 6 nitrogen and oxygen atoms in total. The topological polar surface area (TPSA) is 72.6 Å². The van der Waals surface area contributed by atoms with Crippen LogP contribution in [0.25, 0.3) is 142 Å². The molecule has 5 heterocycles. The van der Waals surface area contributed by atoms with Gasteiger partial charge in [-0.3, -0.25) is 0 Å². The normalized spacial score (nSPS) is 11.9. The van der Waals surface area contributed by atoms with E-state index in [1.807, 2.05) is 84.1 Å². The van der Waals surface area contributed by atoms with Gasteiger partial charge in [-0.1, -0.05) is 146 Å². The molecule has 0 saturated heterocycles. The Balaban J connectivity index is 1.04. The second-order valence-electron chi connectivity index (χ2n) is 18.3. The molecule has 0 unspecified atom stereocenters. The molecule has 0 spiro atoms. The van der Waals surface area contributed by atoms with Crippen LogP contribution in [0.1, 0.15) is 5.56 Å². The largest absolute Gasteiger partial charge is 0.454 e. The maximum atomic E-state index is 10.8. The van der Waals surface area contributed by atoms with E-state index >= 15 is 0 Å². The molecule has 0 aliphatic rings. The lowest BCUT2D eigenvalue weighted by Gasteiger charge is -2.14. The number of nitriles is 1. The van der Waals surface area contributed by atoms with Gasteiger partial charge in [-0.15, -0.1) is 11.3 Å². The van der Waals surface area contributed by atoms with E-state index in [0.717, 1.165) is 77.4 Å². The Morgan fingerprint density at radius 3 is 1.71 bits per heavy atom. The fourth-order valence-corrected chi connectivity index (χ4v) is 12.3. The van der Waals surface area contributed by atoms with Gasteiger partial charge in [0.2, 0.25) is 0 Å². The molecule has 15 aromatic rings. The first-order valence-electron chi connectivity index (χ1n) is 24.0. The monoisotopic (exact) mass is 935 g/mol. The summed E-state index contributed by atoms with van der Waals surface area (Å²) in [5, 5.41) is 19.9. The first kappa shape index (κ1) is 40.3. The van der Waals surface area contributed by atoms with Gasteiger partial charge < -0.3 is 13.6 Å². The zero-order chi connectivity index (χ0) is 47.4. The summed E-state index contributed by atoms with van der Waals surface area (Å²) in [4.78, 5) is 10.6. The van der Waals surface area contributed by atoms with Crippen molar-refractivity contribution in [2.75, 3.05) is 0 Å². The lowest BCUT2D eigenvalue weighted by molar-refractivity contribution is 0.666. The Morgan fingerprint density at radius 1 is 0.417 bits per heavy atom. The average Bonchev–Trinajstić information content (AvgIpc) is 4.21. The Bertz CT molecular complexity index is 4690. The van der Waals surface area contributed by atoms with Crippen molar-refractivity contribution < 1.29 is 4.42 Å². The fourth-order valence-electron chi connectivity index (χ4n) is 11.2. The Labute approximate surface area is 416 Å². The van der Waals surface area contributed by atoms with Gasteiger partial charge in [0.05, 0.1) is 39.1 Å². The second kappa shape index (κ2) is 15.7. The lowest BCUT2D eigenvalue weighted by atomic mass is 9.99. The lowest BCUT2D eigenvalue weighted by Crippen LogP contribution is -2.02. The van der Waals surface area contributed by atoms with E-state index < -0.39 is 0 Å². The molecule has 5 aromatic heterocycles. The number of para-hydroxylation sites is 3. The maximum absolute atomic E-state index is 10.8. The van der Waals surface area contributed by atoms with Crippen LogP contribution in [0.2, 0.25) is 0 Å². The van der Waals surface area contributed by atoms with Crippen LogP contribution in [0.3, 0.4) is 0 Å². The van der Waals surface area contributed by atoms with Crippen LogP contribution in [0.15, 0.2) is 229 Å². The van der Waals surface area contributed by atoms with Crippen LogP contribution in [-0.4, -0.2) is 19.1 Å². The van der Waals surface area contributed by atoms with Crippen molar-refractivity contribution in [2.24, 2.45) is 0 Å². The Morgan fingerprint density at radius 2 is 0.972 bits per heavy atom. The van der Waals surface area contributed by atoms with Gasteiger partial charge in [-0.2, -0.15) is 5.26 Å². The van der Waals surface area contributed by atoms with Crippen LogP contribution in [0.4, 0.5) is 0 Å². The van der Waals surface area contributed by atoms with Gasteiger partial charge in [0.1, 0.15) is 17.2 Å². The molecular weight excluding hydrogens is 899 g/mol. The predicted octanol–water partition coefficient (Wildman–Crippen LogP) is 17.5. The Hall–Kier alpha value is -9.61. The van der Waals surface area contributed by atoms with Gasteiger partial charge in [0.25, 0.3) is 0 Å². The highest BCUT2D eigenvalue weighted by Crippen LogP contribution is 2.47. The summed E-state index contributed by atoms with van der Waals surface area (Å²) < 4.78 is 14.4. The van der Waals surface area contributed by atoms with E-state index in [2.05, 4.69) is 167 Å². The van der Waals surface area contributed by atoms with E-state index in [4.69, 9.17) is 14.4 Å². The number of aromatic nitrogens is 4. The molecule has 15 rings (SSSR count). The second-order valence-corrected chi connectivity index (χ2v) is 19.4. The van der Waals surface area contributed by atoms with Crippen LogP contribution in [-0.2, 0) is 0 Å². The highest BCUT2D eigenvalue weighted by Gasteiger charge is 2.26. The minimum atomic E-state index is 0.425.